The van der Waals surface area contributed by atoms with Crippen LogP contribution in [0, 0.1) is 22.7 Å². The molecule has 0 bridgehead atoms. The molecule has 1 aliphatic carbocycles. The molecular weight excluding hydrogens is 326 g/mol. The highest BCUT2D eigenvalue weighted by Gasteiger charge is 2.53. The summed E-state index contributed by atoms with van der Waals surface area (Å²) in [6.07, 6.45) is 4.54. The molecule has 4 rings (SSSR count). The van der Waals surface area contributed by atoms with E-state index in [1.807, 2.05) is 23.1 Å². The van der Waals surface area contributed by atoms with E-state index in [0.717, 1.165) is 25.8 Å². The van der Waals surface area contributed by atoms with Gasteiger partial charge in [0.15, 0.2) is 0 Å². The van der Waals surface area contributed by atoms with Crippen molar-refractivity contribution in [2.24, 2.45) is 11.3 Å². The minimum Gasteiger partial charge on any atom is -0.341 e. The molecule has 1 saturated carbocycles. The molecule has 0 spiro atoms. The van der Waals surface area contributed by atoms with Gasteiger partial charge in [-0.15, -0.1) is 0 Å². The topological polar surface area (TPSA) is 64.4 Å². The van der Waals surface area contributed by atoms with Crippen molar-refractivity contribution in [3.05, 3.63) is 35.9 Å². The van der Waals surface area contributed by atoms with Crippen molar-refractivity contribution >= 4 is 11.8 Å². The molecule has 2 aliphatic heterocycles. The normalized spacial score (nSPS) is 26.8. The molecule has 2 amide bonds. The summed E-state index contributed by atoms with van der Waals surface area (Å²) in [4.78, 5) is 29.1. The van der Waals surface area contributed by atoms with Crippen LogP contribution in [0.1, 0.15) is 37.7 Å². The maximum Gasteiger partial charge on any atom is 0.243 e. The van der Waals surface area contributed by atoms with E-state index in [-0.39, 0.29) is 17.9 Å². The first kappa shape index (κ1) is 17.1. The van der Waals surface area contributed by atoms with Crippen LogP contribution in [0.25, 0.3) is 0 Å². The van der Waals surface area contributed by atoms with Crippen LogP contribution in [0.5, 0.6) is 0 Å². The van der Waals surface area contributed by atoms with E-state index < -0.39 is 5.41 Å². The molecule has 2 saturated heterocycles. The molecule has 26 heavy (non-hydrogen) atoms. The predicted octanol–water partition coefficient (Wildman–Crippen LogP) is 2.37. The lowest BCUT2D eigenvalue weighted by Gasteiger charge is -2.47. The fraction of sp³-hybridized carbons (Fsp3) is 0.571. The van der Waals surface area contributed by atoms with Crippen molar-refractivity contribution in [3.63, 3.8) is 0 Å². The molecule has 0 aromatic heterocycles. The summed E-state index contributed by atoms with van der Waals surface area (Å²) in [7, 11) is 0. The summed E-state index contributed by atoms with van der Waals surface area (Å²) in [5.41, 5.74) is 0.518. The molecule has 0 radical (unpaired) electrons. The van der Waals surface area contributed by atoms with Crippen LogP contribution >= 0.6 is 0 Å². The second kappa shape index (κ2) is 6.75. The summed E-state index contributed by atoms with van der Waals surface area (Å²) in [5, 5.41) is 9.29. The number of rotatable bonds is 4. The maximum absolute atomic E-state index is 12.7. The lowest BCUT2D eigenvalue weighted by molar-refractivity contribution is -0.145. The molecule has 5 heteroatoms. The van der Waals surface area contributed by atoms with Crippen LogP contribution in [0.3, 0.4) is 0 Å². The van der Waals surface area contributed by atoms with Crippen molar-refractivity contribution in [2.75, 3.05) is 19.6 Å². The minimum absolute atomic E-state index is 0.0196. The van der Waals surface area contributed by atoms with Gasteiger partial charge in [0, 0.05) is 32.1 Å². The monoisotopic (exact) mass is 351 g/mol. The zero-order chi connectivity index (χ0) is 18.1. The Hall–Kier alpha value is -2.35. The number of nitriles is 1. The highest BCUT2D eigenvalue weighted by atomic mass is 16.2. The molecular formula is C21H25N3O2. The molecule has 0 unspecified atom stereocenters. The highest BCUT2D eigenvalue weighted by molar-refractivity contribution is 5.88. The Bertz CT molecular complexity index is 735. The Morgan fingerprint density at radius 1 is 1.23 bits per heavy atom. The smallest absolute Gasteiger partial charge is 0.243 e. The Balaban J connectivity index is 1.41. The lowest BCUT2D eigenvalue weighted by atomic mass is 9.82. The molecule has 1 aromatic rings. The molecule has 2 atom stereocenters. The summed E-state index contributed by atoms with van der Waals surface area (Å²) in [6, 6.07) is 12.7. The average Bonchev–Trinajstić information content (AvgIpc) is 3.48. The fourth-order valence-corrected chi connectivity index (χ4v) is 4.52. The van der Waals surface area contributed by atoms with Gasteiger partial charge in [0.2, 0.25) is 11.8 Å². The molecule has 3 aliphatic rings. The number of carbonyl (C=O) groups is 2. The van der Waals surface area contributed by atoms with Crippen LogP contribution in [-0.4, -0.2) is 47.3 Å². The number of hydrogen-bond donors (Lipinski definition) is 0. The van der Waals surface area contributed by atoms with E-state index in [4.69, 9.17) is 0 Å². The van der Waals surface area contributed by atoms with Gasteiger partial charge in [-0.05, 0) is 43.6 Å². The van der Waals surface area contributed by atoms with Gasteiger partial charge in [-0.2, -0.15) is 5.26 Å². The van der Waals surface area contributed by atoms with Crippen molar-refractivity contribution in [2.45, 2.75) is 44.6 Å². The highest BCUT2D eigenvalue weighted by Crippen LogP contribution is 2.47. The standard InChI is InChI=1S/C21H25N3O2/c22-15-21(10-11-21)20(26)23-12-9-18-17(14-23)6-7-19(25)24(18)13-8-16-4-2-1-3-5-16/h1-5,17-18H,6-14H2/t17-,18+/m0/s1. The minimum atomic E-state index is -0.732. The Labute approximate surface area is 154 Å². The third kappa shape index (κ3) is 3.09. The summed E-state index contributed by atoms with van der Waals surface area (Å²) in [5.74, 6) is 0.611. The Morgan fingerprint density at radius 3 is 2.69 bits per heavy atom. The van der Waals surface area contributed by atoms with Crippen LogP contribution in [0.2, 0.25) is 0 Å². The van der Waals surface area contributed by atoms with E-state index in [9.17, 15) is 14.9 Å². The molecule has 2 heterocycles. The van der Waals surface area contributed by atoms with Crippen LogP contribution in [0.15, 0.2) is 30.3 Å². The third-order valence-corrected chi connectivity index (χ3v) is 6.29. The van der Waals surface area contributed by atoms with Crippen molar-refractivity contribution in [1.82, 2.24) is 9.80 Å². The zero-order valence-corrected chi connectivity index (χ0v) is 15.1. The fourth-order valence-electron chi connectivity index (χ4n) is 4.52. The number of amides is 2. The van der Waals surface area contributed by atoms with Crippen molar-refractivity contribution in [1.29, 1.82) is 5.26 Å². The van der Waals surface area contributed by atoms with Crippen LogP contribution in [0.4, 0.5) is 0 Å². The SMILES string of the molecule is N#CC1(C(=O)N2CC[C@@H]3[C@@H](CCC(=O)N3CCc3ccccc3)C2)CC1. The Morgan fingerprint density at radius 2 is 2.00 bits per heavy atom. The van der Waals surface area contributed by atoms with Gasteiger partial charge in [-0.25, -0.2) is 0 Å². The lowest BCUT2D eigenvalue weighted by Crippen LogP contribution is -2.58. The third-order valence-electron chi connectivity index (χ3n) is 6.29. The summed E-state index contributed by atoms with van der Waals surface area (Å²) in [6.45, 7) is 2.11. The van der Waals surface area contributed by atoms with Gasteiger partial charge in [-0.3, -0.25) is 9.59 Å². The second-order valence-electron chi connectivity index (χ2n) is 7.92. The average molecular weight is 351 g/mol. The number of fused-ring (bicyclic) bond motifs is 1. The van der Waals surface area contributed by atoms with E-state index in [0.29, 0.717) is 38.3 Å². The number of likely N-dealkylation sites (tertiary alicyclic amines) is 2. The molecule has 136 valence electrons. The van der Waals surface area contributed by atoms with Crippen molar-refractivity contribution < 1.29 is 9.59 Å². The zero-order valence-electron chi connectivity index (χ0n) is 15.1. The largest absolute Gasteiger partial charge is 0.341 e. The van der Waals surface area contributed by atoms with Crippen molar-refractivity contribution in [3.8, 4) is 6.07 Å². The van der Waals surface area contributed by atoms with Crippen LogP contribution in [-0.2, 0) is 16.0 Å². The quantitative estimate of drug-likeness (QED) is 0.836. The van der Waals surface area contributed by atoms with E-state index >= 15 is 0 Å². The summed E-state index contributed by atoms with van der Waals surface area (Å²) < 4.78 is 0. The van der Waals surface area contributed by atoms with Gasteiger partial charge < -0.3 is 9.80 Å². The number of benzene rings is 1. The number of nitrogens with zero attached hydrogens (tertiary/aromatic N) is 3. The molecule has 0 N–H and O–H groups in total. The predicted molar refractivity (Wildman–Crippen MR) is 96.8 cm³/mol. The van der Waals surface area contributed by atoms with Gasteiger partial charge in [0.05, 0.1) is 6.07 Å². The van der Waals surface area contributed by atoms with Gasteiger partial charge in [0.25, 0.3) is 0 Å². The number of hydrogen-bond acceptors (Lipinski definition) is 3. The van der Waals surface area contributed by atoms with Crippen LogP contribution < -0.4 is 0 Å². The van der Waals surface area contributed by atoms with Gasteiger partial charge >= 0.3 is 0 Å². The first-order valence-electron chi connectivity index (χ1n) is 9.67. The number of piperidine rings is 2. The first-order chi connectivity index (χ1) is 12.6. The summed E-state index contributed by atoms with van der Waals surface area (Å²) >= 11 is 0. The molecule has 1 aromatic carbocycles. The number of carbonyl (C=O) groups excluding carboxylic acids is 2. The van der Waals surface area contributed by atoms with E-state index in [1.165, 1.54) is 5.56 Å². The molecule has 3 fully saturated rings. The maximum atomic E-state index is 12.7. The second-order valence-corrected chi connectivity index (χ2v) is 7.92. The van der Waals surface area contributed by atoms with E-state index in [1.54, 1.807) is 0 Å². The van der Waals surface area contributed by atoms with E-state index in [2.05, 4.69) is 23.1 Å². The first-order valence-corrected chi connectivity index (χ1v) is 9.67. The Kier molecular flexibility index (Phi) is 4.44. The van der Waals surface area contributed by atoms with Gasteiger partial charge in [-0.1, -0.05) is 30.3 Å². The molecule has 5 nitrogen and oxygen atoms in total. The van der Waals surface area contributed by atoms with Gasteiger partial charge in [0.1, 0.15) is 5.41 Å².